The molecular formula is C26H21Cl3FN3OS. The fourth-order valence-corrected chi connectivity index (χ4v) is 5.28. The Labute approximate surface area is 222 Å². The van der Waals surface area contributed by atoms with Crippen molar-refractivity contribution in [2.24, 2.45) is 5.73 Å². The number of hydrogen-bond acceptors (Lipinski definition) is 3. The van der Waals surface area contributed by atoms with Crippen LogP contribution in [0.15, 0.2) is 72.0 Å². The number of imidazole rings is 1. The summed E-state index contributed by atoms with van der Waals surface area (Å²) < 4.78 is 15.7. The monoisotopic (exact) mass is 547 g/mol. The van der Waals surface area contributed by atoms with Gasteiger partial charge in [-0.3, -0.25) is 9.36 Å². The molecule has 180 valence electrons. The van der Waals surface area contributed by atoms with Gasteiger partial charge < -0.3 is 5.73 Å². The third kappa shape index (κ3) is 5.36. The van der Waals surface area contributed by atoms with E-state index >= 15 is 0 Å². The zero-order valence-corrected chi connectivity index (χ0v) is 21.9. The van der Waals surface area contributed by atoms with Crippen LogP contribution in [-0.2, 0) is 11.2 Å². The number of nitrogens with zero attached hydrogens (tertiary/aromatic N) is 2. The summed E-state index contributed by atoms with van der Waals surface area (Å²) in [6.45, 7) is 4.14. The zero-order valence-electron chi connectivity index (χ0n) is 18.9. The number of aromatic nitrogens is 2. The first-order chi connectivity index (χ1) is 16.6. The van der Waals surface area contributed by atoms with E-state index in [1.165, 1.54) is 23.9 Å². The molecule has 35 heavy (non-hydrogen) atoms. The predicted molar refractivity (Wildman–Crippen MR) is 142 cm³/mol. The Morgan fingerprint density at radius 3 is 2.34 bits per heavy atom. The number of primary amides is 1. The van der Waals surface area contributed by atoms with Crippen molar-refractivity contribution < 1.29 is 9.18 Å². The van der Waals surface area contributed by atoms with Crippen LogP contribution in [0.25, 0.3) is 5.69 Å². The maximum Gasteiger partial charge on any atom is 0.250 e. The van der Waals surface area contributed by atoms with Crippen LogP contribution >= 0.6 is 46.6 Å². The van der Waals surface area contributed by atoms with Gasteiger partial charge in [0.25, 0.3) is 0 Å². The fourth-order valence-electron chi connectivity index (χ4n) is 3.75. The highest BCUT2D eigenvalue weighted by atomic mass is 35.5. The molecule has 0 atom stereocenters. The van der Waals surface area contributed by atoms with Crippen molar-refractivity contribution in [3.8, 4) is 5.69 Å². The molecule has 2 N–H and O–H groups in total. The molecule has 3 aromatic carbocycles. The van der Waals surface area contributed by atoms with Gasteiger partial charge in [-0.25, -0.2) is 9.37 Å². The number of hydrogen-bond donors (Lipinski definition) is 1. The molecule has 4 nitrogen and oxygen atoms in total. The van der Waals surface area contributed by atoms with E-state index < -0.39 is 11.3 Å². The first kappa shape index (κ1) is 25.6. The number of halogens is 4. The van der Waals surface area contributed by atoms with Gasteiger partial charge in [-0.2, -0.15) is 0 Å². The Bertz CT molecular complexity index is 1400. The lowest BCUT2D eigenvalue weighted by Gasteiger charge is -2.28. The summed E-state index contributed by atoms with van der Waals surface area (Å²) >= 11 is 20.2. The quantitative estimate of drug-likeness (QED) is 0.241. The largest absolute Gasteiger partial charge is 0.366 e. The van der Waals surface area contributed by atoms with Crippen LogP contribution in [0.1, 0.15) is 41.0 Å². The van der Waals surface area contributed by atoms with E-state index in [4.69, 9.17) is 45.5 Å². The lowest BCUT2D eigenvalue weighted by molar-refractivity contribution is 0.100. The number of thioether (sulfide) groups is 1. The molecule has 0 saturated heterocycles. The van der Waals surface area contributed by atoms with Crippen LogP contribution < -0.4 is 5.73 Å². The van der Waals surface area contributed by atoms with Gasteiger partial charge in [0, 0.05) is 16.9 Å². The molecule has 1 heterocycles. The molecule has 4 aromatic rings. The second-order valence-electron chi connectivity index (χ2n) is 8.46. The second-order valence-corrected chi connectivity index (χ2v) is 10.6. The Kier molecular flexibility index (Phi) is 7.48. The summed E-state index contributed by atoms with van der Waals surface area (Å²) in [7, 11) is 0. The van der Waals surface area contributed by atoms with Crippen molar-refractivity contribution in [3.63, 3.8) is 0 Å². The number of amides is 1. The molecule has 9 heteroatoms. The molecule has 1 amide bonds. The molecule has 0 aliphatic heterocycles. The van der Waals surface area contributed by atoms with Crippen LogP contribution in [-0.4, -0.2) is 15.5 Å². The van der Waals surface area contributed by atoms with Crippen molar-refractivity contribution in [2.75, 3.05) is 0 Å². The molecule has 0 bridgehead atoms. The number of carbonyl (C=O) groups is 1. The average molecular weight is 549 g/mol. The van der Waals surface area contributed by atoms with Crippen LogP contribution in [0.4, 0.5) is 4.39 Å². The summed E-state index contributed by atoms with van der Waals surface area (Å²) in [5, 5.41) is 1.97. The molecule has 0 aliphatic rings. The third-order valence-electron chi connectivity index (χ3n) is 5.76. The predicted octanol–water partition coefficient (Wildman–Crippen LogP) is 7.69. The summed E-state index contributed by atoms with van der Waals surface area (Å²) in [6, 6.07) is 17.0. The third-order valence-corrected chi connectivity index (χ3v) is 7.84. The van der Waals surface area contributed by atoms with E-state index in [1.807, 2.05) is 29.0 Å². The van der Waals surface area contributed by atoms with Crippen molar-refractivity contribution in [3.05, 3.63) is 110 Å². The van der Waals surface area contributed by atoms with Gasteiger partial charge in [0.2, 0.25) is 5.91 Å². The Balaban J connectivity index is 1.74. The van der Waals surface area contributed by atoms with E-state index in [9.17, 15) is 9.18 Å². The number of nitrogens with two attached hydrogens (primary N) is 1. The van der Waals surface area contributed by atoms with Gasteiger partial charge in [0.1, 0.15) is 5.82 Å². The maximum absolute atomic E-state index is 13.7. The zero-order chi connectivity index (χ0) is 25.3. The fraction of sp³-hybridized carbons (Fsp3) is 0.154. The highest BCUT2D eigenvalue weighted by Crippen LogP contribution is 2.38. The van der Waals surface area contributed by atoms with Crippen molar-refractivity contribution in [1.29, 1.82) is 0 Å². The van der Waals surface area contributed by atoms with E-state index in [2.05, 4.69) is 13.8 Å². The second kappa shape index (κ2) is 10.2. The highest BCUT2D eigenvalue weighted by molar-refractivity contribution is 7.98. The molecule has 0 fully saturated rings. The van der Waals surface area contributed by atoms with E-state index in [1.54, 1.807) is 30.3 Å². The highest BCUT2D eigenvalue weighted by Gasteiger charge is 2.30. The SMILES string of the molecule is CC(C)(c1ccc(Cl)c(Cl)c1)c1cnc(SCc2ccc(C(N)=O)c(Cl)c2)n1-c1ccc(F)cc1. The summed E-state index contributed by atoms with van der Waals surface area (Å²) in [5.74, 6) is -0.350. The number of carbonyl (C=O) groups excluding carboxylic acids is 1. The minimum absolute atomic E-state index is 0.277. The normalized spacial score (nSPS) is 11.6. The first-order valence-electron chi connectivity index (χ1n) is 10.6. The van der Waals surface area contributed by atoms with Crippen LogP contribution in [0.2, 0.25) is 15.1 Å². The Morgan fingerprint density at radius 2 is 1.71 bits per heavy atom. The van der Waals surface area contributed by atoms with Crippen molar-refractivity contribution in [2.45, 2.75) is 30.2 Å². The van der Waals surface area contributed by atoms with Gasteiger partial charge in [0.05, 0.1) is 32.5 Å². The van der Waals surface area contributed by atoms with Crippen molar-refractivity contribution >= 4 is 52.5 Å². The van der Waals surface area contributed by atoms with Crippen LogP contribution in [0.5, 0.6) is 0 Å². The van der Waals surface area contributed by atoms with Gasteiger partial charge >= 0.3 is 0 Å². The standard InChI is InChI=1S/C26H21Cl3FN3OS/c1-26(2,16-4-10-20(27)22(29)12-16)23-13-32-25(33(23)18-7-5-17(30)6-8-18)35-14-15-3-9-19(24(31)34)21(28)11-15/h3-13H,14H2,1-2H3,(H2,31,34). The first-order valence-corrected chi connectivity index (χ1v) is 12.7. The molecule has 0 unspecified atom stereocenters. The Morgan fingerprint density at radius 1 is 1.00 bits per heavy atom. The summed E-state index contributed by atoms with van der Waals surface area (Å²) in [6.07, 6.45) is 1.82. The molecule has 0 aliphatic carbocycles. The van der Waals surface area contributed by atoms with Gasteiger partial charge in [0.15, 0.2) is 5.16 Å². The number of benzene rings is 3. The molecule has 0 saturated carbocycles. The van der Waals surface area contributed by atoms with Crippen LogP contribution in [0.3, 0.4) is 0 Å². The van der Waals surface area contributed by atoms with Gasteiger partial charge in [-0.1, -0.05) is 72.5 Å². The topological polar surface area (TPSA) is 60.9 Å². The number of rotatable bonds is 7. The van der Waals surface area contributed by atoms with Crippen molar-refractivity contribution in [1.82, 2.24) is 9.55 Å². The lowest BCUT2D eigenvalue weighted by atomic mass is 9.81. The molecule has 1 aromatic heterocycles. The molecule has 0 radical (unpaired) electrons. The van der Waals surface area contributed by atoms with E-state index in [0.29, 0.717) is 20.8 Å². The molecule has 4 rings (SSSR count). The maximum atomic E-state index is 13.7. The van der Waals surface area contributed by atoms with Crippen LogP contribution in [0, 0.1) is 5.82 Å². The van der Waals surface area contributed by atoms with E-state index in [-0.39, 0.29) is 11.4 Å². The molecular weight excluding hydrogens is 528 g/mol. The van der Waals surface area contributed by atoms with E-state index in [0.717, 1.165) is 27.7 Å². The summed E-state index contributed by atoms with van der Waals surface area (Å²) in [5.41, 5.74) is 8.66. The van der Waals surface area contributed by atoms with Gasteiger partial charge in [-0.05, 0) is 59.7 Å². The minimum atomic E-state index is -0.574. The molecule has 0 spiro atoms. The minimum Gasteiger partial charge on any atom is -0.366 e. The summed E-state index contributed by atoms with van der Waals surface area (Å²) in [4.78, 5) is 16.2. The van der Waals surface area contributed by atoms with Gasteiger partial charge in [-0.15, -0.1) is 0 Å². The average Bonchev–Trinajstić information content (AvgIpc) is 3.24. The Hall–Kier alpha value is -2.51. The smallest absolute Gasteiger partial charge is 0.250 e. The lowest BCUT2D eigenvalue weighted by Crippen LogP contribution is -2.23.